The fourth-order valence-electron chi connectivity index (χ4n) is 0.998. The highest BCUT2D eigenvalue weighted by Crippen LogP contribution is 1.98. The quantitative estimate of drug-likeness (QED) is 0.393. The van der Waals surface area contributed by atoms with Gasteiger partial charge in [-0.05, 0) is 28.9 Å². The maximum absolute atomic E-state index is 4.26. The van der Waals surface area contributed by atoms with Crippen LogP contribution < -0.4 is 11.2 Å². The summed E-state index contributed by atoms with van der Waals surface area (Å²) in [6.07, 6.45) is 0. The first kappa shape index (κ1) is 7.86. The third-order valence-electron chi connectivity index (χ3n) is 1.30. The molecular formula is C6H8B2BrN. The molecular weight excluding hydrogens is 188 g/mol. The molecule has 0 aliphatic rings. The summed E-state index contributed by atoms with van der Waals surface area (Å²) >= 11 is 3.40. The molecule has 1 rings (SSSR count). The number of halogens is 1. The van der Waals surface area contributed by atoms with Crippen LogP contribution in [-0.2, 0) is 5.33 Å². The lowest BCUT2D eigenvalue weighted by Gasteiger charge is -1.99. The molecule has 0 saturated carbocycles. The molecule has 1 nitrogen and oxygen atoms in total. The molecule has 0 aromatic carbocycles. The summed E-state index contributed by atoms with van der Waals surface area (Å²) in [6.45, 7) is 0. The summed E-state index contributed by atoms with van der Waals surface area (Å²) in [4.78, 5) is 4.26. The van der Waals surface area contributed by atoms with Gasteiger partial charge in [0.2, 0.25) is 0 Å². The molecule has 0 fully saturated rings. The number of alkyl halides is 1. The van der Waals surface area contributed by atoms with E-state index in [1.807, 2.05) is 15.7 Å². The minimum absolute atomic E-state index is 0.914. The third kappa shape index (κ3) is 1.87. The lowest BCUT2D eigenvalue weighted by atomic mass is 9.96. The van der Waals surface area contributed by atoms with E-state index in [0.29, 0.717) is 0 Å². The topological polar surface area (TPSA) is 12.9 Å². The summed E-state index contributed by atoms with van der Waals surface area (Å²) in [5.41, 5.74) is 3.48. The Morgan fingerprint density at radius 1 is 1.30 bits per heavy atom. The molecule has 4 heteroatoms. The van der Waals surface area contributed by atoms with E-state index in [4.69, 9.17) is 0 Å². The van der Waals surface area contributed by atoms with Crippen LogP contribution in [-0.4, -0.2) is 20.7 Å². The number of rotatable bonds is 1. The second kappa shape index (κ2) is 3.24. The van der Waals surface area contributed by atoms with Gasteiger partial charge >= 0.3 is 0 Å². The van der Waals surface area contributed by atoms with Crippen LogP contribution in [0.3, 0.4) is 0 Å². The van der Waals surface area contributed by atoms with Crippen molar-refractivity contribution in [1.29, 1.82) is 0 Å². The summed E-state index contributed by atoms with van der Waals surface area (Å²) in [7, 11) is 4.03. The average molecular weight is 196 g/mol. The minimum atomic E-state index is 0.914. The zero-order valence-corrected chi connectivity index (χ0v) is 7.77. The minimum Gasteiger partial charge on any atom is -0.280 e. The SMILES string of the molecule is Bc1cc(CBr)cc(B)n1. The van der Waals surface area contributed by atoms with Gasteiger partial charge in [-0.2, -0.15) is 0 Å². The first-order chi connectivity index (χ1) is 4.72. The van der Waals surface area contributed by atoms with Gasteiger partial charge in [0, 0.05) is 5.33 Å². The van der Waals surface area contributed by atoms with Crippen molar-refractivity contribution in [2.75, 3.05) is 0 Å². The molecule has 1 aromatic heterocycles. The molecule has 1 aromatic rings. The van der Waals surface area contributed by atoms with Gasteiger partial charge in [-0.25, -0.2) is 0 Å². The Morgan fingerprint density at radius 3 is 2.20 bits per heavy atom. The molecule has 1 heterocycles. The van der Waals surface area contributed by atoms with Crippen molar-refractivity contribution in [3.8, 4) is 0 Å². The zero-order valence-electron chi connectivity index (χ0n) is 6.19. The van der Waals surface area contributed by atoms with Crippen molar-refractivity contribution in [3.05, 3.63) is 17.7 Å². The van der Waals surface area contributed by atoms with Gasteiger partial charge in [-0.1, -0.05) is 15.9 Å². The van der Waals surface area contributed by atoms with Crippen LogP contribution in [0.1, 0.15) is 5.56 Å². The van der Waals surface area contributed by atoms with E-state index >= 15 is 0 Å². The smallest absolute Gasteiger partial charge is 0.163 e. The fourth-order valence-corrected chi connectivity index (χ4v) is 1.32. The Bertz CT molecular complexity index is 219. The van der Waals surface area contributed by atoms with E-state index in [9.17, 15) is 0 Å². The first-order valence-corrected chi connectivity index (χ1v) is 4.34. The zero-order chi connectivity index (χ0) is 7.56. The predicted octanol–water partition coefficient (Wildman–Crippen LogP) is -1.51. The Hall–Kier alpha value is -0.240. The summed E-state index contributed by atoms with van der Waals surface area (Å²) < 4.78 is 0. The maximum atomic E-state index is 4.26. The van der Waals surface area contributed by atoms with Crippen molar-refractivity contribution in [2.24, 2.45) is 0 Å². The Morgan fingerprint density at radius 2 is 1.80 bits per heavy atom. The summed E-state index contributed by atoms with van der Waals surface area (Å²) in [6, 6.07) is 4.17. The second-order valence-electron chi connectivity index (χ2n) is 2.39. The largest absolute Gasteiger partial charge is 0.280 e. The highest BCUT2D eigenvalue weighted by atomic mass is 79.9. The van der Waals surface area contributed by atoms with Gasteiger partial charge in [0.1, 0.15) is 0 Å². The van der Waals surface area contributed by atoms with Crippen molar-refractivity contribution >= 4 is 42.8 Å². The van der Waals surface area contributed by atoms with Crippen molar-refractivity contribution in [2.45, 2.75) is 5.33 Å². The van der Waals surface area contributed by atoms with Crippen LogP contribution in [0.2, 0.25) is 0 Å². The normalized spacial score (nSPS) is 9.70. The van der Waals surface area contributed by atoms with E-state index in [1.54, 1.807) is 0 Å². The van der Waals surface area contributed by atoms with Crippen LogP contribution in [0.4, 0.5) is 0 Å². The molecule has 0 aliphatic carbocycles. The van der Waals surface area contributed by atoms with Gasteiger partial charge in [-0.3, -0.25) is 4.98 Å². The van der Waals surface area contributed by atoms with Gasteiger partial charge in [0.15, 0.2) is 15.7 Å². The standard InChI is InChI=1S/C6H8B2BrN/c7-5-1-4(3-9)2-6(8)10-5/h1-2H,3,7-8H2. The second-order valence-corrected chi connectivity index (χ2v) is 2.95. The molecule has 0 atom stereocenters. The molecule has 10 heavy (non-hydrogen) atoms. The molecule has 0 bridgehead atoms. The number of nitrogens with zero attached hydrogens (tertiary/aromatic N) is 1. The lowest BCUT2D eigenvalue weighted by Crippen LogP contribution is -2.21. The fraction of sp³-hybridized carbons (Fsp3) is 0.167. The van der Waals surface area contributed by atoms with E-state index in [-0.39, 0.29) is 0 Å². The van der Waals surface area contributed by atoms with E-state index in [0.717, 1.165) is 16.5 Å². The van der Waals surface area contributed by atoms with Crippen molar-refractivity contribution < 1.29 is 0 Å². The van der Waals surface area contributed by atoms with E-state index in [2.05, 4.69) is 33.0 Å². The molecule has 0 aliphatic heterocycles. The van der Waals surface area contributed by atoms with E-state index in [1.165, 1.54) is 5.56 Å². The van der Waals surface area contributed by atoms with Crippen LogP contribution >= 0.6 is 15.9 Å². The van der Waals surface area contributed by atoms with E-state index < -0.39 is 0 Å². The van der Waals surface area contributed by atoms with Crippen molar-refractivity contribution in [3.63, 3.8) is 0 Å². The molecule has 50 valence electrons. The Labute approximate surface area is 71.2 Å². The van der Waals surface area contributed by atoms with Gasteiger partial charge in [-0.15, -0.1) is 0 Å². The lowest BCUT2D eigenvalue weighted by molar-refractivity contribution is 1.37. The number of aromatic nitrogens is 1. The molecule has 0 N–H and O–H groups in total. The first-order valence-electron chi connectivity index (χ1n) is 3.22. The number of hydrogen-bond donors (Lipinski definition) is 0. The number of pyridine rings is 1. The summed E-state index contributed by atoms with van der Waals surface area (Å²) in [5, 5.41) is 0.914. The monoisotopic (exact) mass is 195 g/mol. The Kier molecular flexibility index (Phi) is 2.55. The van der Waals surface area contributed by atoms with Crippen LogP contribution in [0.25, 0.3) is 0 Å². The third-order valence-corrected chi connectivity index (χ3v) is 1.94. The average Bonchev–Trinajstić information content (AvgIpc) is 1.85. The molecule has 0 amide bonds. The highest BCUT2D eigenvalue weighted by molar-refractivity contribution is 9.08. The van der Waals surface area contributed by atoms with Crippen LogP contribution in [0, 0.1) is 0 Å². The molecule has 0 saturated heterocycles. The maximum Gasteiger partial charge on any atom is 0.163 e. The summed E-state index contributed by atoms with van der Waals surface area (Å²) in [5.74, 6) is 0. The van der Waals surface area contributed by atoms with Gasteiger partial charge in [0.25, 0.3) is 0 Å². The number of hydrogen-bond acceptors (Lipinski definition) is 1. The van der Waals surface area contributed by atoms with Crippen molar-refractivity contribution in [1.82, 2.24) is 4.98 Å². The Balaban J connectivity index is 3.06. The van der Waals surface area contributed by atoms with Crippen LogP contribution in [0.5, 0.6) is 0 Å². The highest BCUT2D eigenvalue weighted by Gasteiger charge is 1.93. The van der Waals surface area contributed by atoms with Gasteiger partial charge in [0.05, 0.1) is 0 Å². The molecule has 0 unspecified atom stereocenters. The van der Waals surface area contributed by atoms with Gasteiger partial charge < -0.3 is 0 Å². The van der Waals surface area contributed by atoms with Crippen LogP contribution in [0.15, 0.2) is 12.1 Å². The molecule has 0 radical (unpaired) electrons. The predicted molar refractivity (Wildman–Crippen MR) is 53.2 cm³/mol. The molecule has 0 spiro atoms.